The van der Waals surface area contributed by atoms with Crippen LogP contribution >= 0.6 is 11.3 Å². The predicted molar refractivity (Wildman–Crippen MR) is 112 cm³/mol. The van der Waals surface area contributed by atoms with Crippen LogP contribution in [0.25, 0.3) is 10.2 Å². The quantitative estimate of drug-likeness (QED) is 0.708. The van der Waals surface area contributed by atoms with Crippen molar-refractivity contribution >= 4 is 26.7 Å². The van der Waals surface area contributed by atoms with E-state index in [0.29, 0.717) is 11.2 Å². The molecule has 0 aliphatic carbocycles. The average Bonchev–Trinajstić information content (AvgIpc) is 3.02. The van der Waals surface area contributed by atoms with Gasteiger partial charge in [0, 0.05) is 6.04 Å². The number of nitrogens with two attached hydrogens (primary N) is 1. The van der Waals surface area contributed by atoms with E-state index in [1.807, 2.05) is 0 Å². The summed E-state index contributed by atoms with van der Waals surface area (Å²) in [5, 5.41) is 0.658. The van der Waals surface area contributed by atoms with Gasteiger partial charge in [-0.1, -0.05) is 47.7 Å². The van der Waals surface area contributed by atoms with Crippen molar-refractivity contribution in [2.75, 3.05) is 18.8 Å². The lowest BCUT2D eigenvalue weighted by Gasteiger charge is -2.36. The van der Waals surface area contributed by atoms with Crippen LogP contribution in [-0.2, 0) is 12.8 Å². The molecule has 0 bridgehead atoms. The summed E-state index contributed by atoms with van der Waals surface area (Å²) in [5.41, 5.74) is 9.72. The Morgan fingerprint density at radius 1 is 1.12 bits per heavy atom. The molecule has 136 valence electrons. The van der Waals surface area contributed by atoms with Gasteiger partial charge in [-0.15, -0.1) is 0 Å². The lowest BCUT2D eigenvalue weighted by molar-refractivity contribution is 0.140. The second kappa shape index (κ2) is 7.77. The lowest BCUT2D eigenvalue weighted by Crippen LogP contribution is -2.41. The Bertz CT molecular complexity index is 850. The van der Waals surface area contributed by atoms with Crippen molar-refractivity contribution in [3.63, 3.8) is 0 Å². The molecular formula is C22H27N3S. The maximum atomic E-state index is 5.83. The molecule has 1 fully saturated rings. The van der Waals surface area contributed by atoms with Gasteiger partial charge in [0.2, 0.25) is 0 Å². The number of fused-ring (bicyclic) bond motifs is 1. The Kier molecular flexibility index (Phi) is 5.23. The summed E-state index contributed by atoms with van der Waals surface area (Å²) in [7, 11) is 0. The number of thiazole rings is 1. The molecule has 1 aliphatic heterocycles. The molecule has 0 spiro atoms. The Hall–Kier alpha value is -1.91. The van der Waals surface area contributed by atoms with Crippen LogP contribution in [0.5, 0.6) is 0 Å². The SMILES string of the molecule is C[C@@H](Cc1ccc2nc(N)sc2c1)N1CCC(Cc2ccccc2)CC1. The Morgan fingerprint density at radius 2 is 1.88 bits per heavy atom. The Balaban J connectivity index is 1.32. The van der Waals surface area contributed by atoms with Gasteiger partial charge in [0.25, 0.3) is 0 Å². The molecule has 2 heterocycles. The molecule has 1 atom stereocenters. The molecule has 1 aliphatic rings. The van der Waals surface area contributed by atoms with Crippen molar-refractivity contribution in [3.8, 4) is 0 Å². The standard InChI is InChI=1S/C22H27N3S/c1-16(13-19-7-8-20-21(15-19)26-22(23)24-20)25-11-9-18(10-12-25)14-17-5-3-2-4-6-17/h2-8,15-16,18H,9-14H2,1H3,(H2,23,24)/t16-/m0/s1. The number of nitrogen functional groups attached to an aromatic ring is 1. The summed E-state index contributed by atoms with van der Waals surface area (Å²) < 4.78 is 1.20. The molecule has 0 saturated carbocycles. The molecule has 0 radical (unpaired) electrons. The summed E-state index contributed by atoms with van der Waals surface area (Å²) >= 11 is 1.58. The number of hydrogen-bond acceptors (Lipinski definition) is 4. The van der Waals surface area contributed by atoms with E-state index in [0.717, 1.165) is 17.9 Å². The van der Waals surface area contributed by atoms with E-state index in [9.17, 15) is 0 Å². The zero-order valence-corrected chi connectivity index (χ0v) is 16.2. The molecule has 4 rings (SSSR count). The normalized spacial score (nSPS) is 17.6. The summed E-state index contributed by atoms with van der Waals surface area (Å²) in [6, 6.07) is 18.1. The molecule has 1 aromatic heterocycles. The number of rotatable bonds is 5. The van der Waals surface area contributed by atoms with Crippen molar-refractivity contribution < 1.29 is 0 Å². The number of benzene rings is 2. The zero-order chi connectivity index (χ0) is 17.9. The first kappa shape index (κ1) is 17.5. The van der Waals surface area contributed by atoms with Crippen LogP contribution in [0.15, 0.2) is 48.5 Å². The van der Waals surface area contributed by atoms with Crippen molar-refractivity contribution in [2.24, 2.45) is 5.92 Å². The van der Waals surface area contributed by atoms with Crippen molar-refractivity contribution in [3.05, 3.63) is 59.7 Å². The van der Waals surface area contributed by atoms with Gasteiger partial charge in [0.1, 0.15) is 0 Å². The van der Waals surface area contributed by atoms with E-state index in [1.54, 1.807) is 11.3 Å². The third-order valence-corrected chi connectivity index (χ3v) is 6.49. The Labute approximate surface area is 159 Å². The highest BCUT2D eigenvalue weighted by atomic mass is 32.1. The second-order valence-corrected chi connectivity index (χ2v) is 8.64. The predicted octanol–water partition coefficient (Wildman–Crippen LogP) is 4.76. The molecule has 0 unspecified atom stereocenters. The van der Waals surface area contributed by atoms with Gasteiger partial charge in [0.05, 0.1) is 10.2 Å². The van der Waals surface area contributed by atoms with Gasteiger partial charge in [-0.05, 0) is 74.9 Å². The van der Waals surface area contributed by atoms with E-state index >= 15 is 0 Å². The summed E-state index contributed by atoms with van der Waals surface area (Å²) in [4.78, 5) is 7.01. The largest absolute Gasteiger partial charge is 0.375 e. The van der Waals surface area contributed by atoms with Gasteiger partial charge in [-0.3, -0.25) is 0 Å². The second-order valence-electron chi connectivity index (χ2n) is 7.58. The van der Waals surface area contributed by atoms with Crippen molar-refractivity contribution in [1.29, 1.82) is 0 Å². The molecular weight excluding hydrogens is 338 g/mol. The van der Waals surface area contributed by atoms with Gasteiger partial charge in [-0.25, -0.2) is 4.98 Å². The zero-order valence-electron chi connectivity index (χ0n) is 15.4. The first-order valence-corrected chi connectivity index (χ1v) is 10.4. The topological polar surface area (TPSA) is 42.1 Å². The number of nitrogens with zero attached hydrogens (tertiary/aromatic N) is 2. The maximum absolute atomic E-state index is 5.83. The minimum Gasteiger partial charge on any atom is -0.375 e. The number of anilines is 1. The number of piperidine rings is 1. The first-order valence-electron chi connectivity index (χ1n) is 9.60. The van der Waals surface area contributed by atoms with Gasteiger partial charge >= 0.3 is 0 Å². The third kappa shape index (κ3) is 4.08. The maximum Gasteiger partial charge on any atom is 0.181 e. The van der Waals surface area contributed by atoms with E-state index in [1.165, 1.54) is 48.2 Å². The van der Waals surface area contributed by atoms with E-state index in [2.05, 4.69) is 65.3 Å². The van der Waals surface area contributed by atoms with Crippen LogP contribution in [0.3, 0.4) is 0 Å². The summed E-state index contributed by atoms with van der Waals surface area (Å²) in [6.07, 6.45) is 4.94. The van der Waals surface area contributed by atoms with Crippen LogP contribution < -0.4 is 5.73 Å². The van der Waals surface area contributed by atoms with Gasteiger partial charge in [-0.2, -0.15) is 0 Å². The lowest BCUT2D eigenvalue weighted by atomic mass is 9.89. The molecule has 3 nitrogen and oxygen atoms in total. The van der Waals surface area contributed by atoms with Crippen molar-refractivity contribution in [1.82, 2.24) is 9.88 Å². The molecule has 3 aromatic rings. The molecule has 1 saturated heterocycles. The number of aromatic nitrogens is 1. The van der Waals surface area contributed by atoms with Gasteiger partial charge in [0.15, 0.2) is 5.13 Å². The monoisotopic (exact) mass is 365 g/mol. The van der Waals surface area contributed by atoms with Crippen LogP contribution in [-0.4, -0.2) is 29.0 Å². The highest BCUT2D eigenvalue weighted by Gasteiger charge is 2.23. The first-order chi connectivity index (χ1) is 12.7. The molecule has 2 aromatic carbocycles. The van der Waals surface area contributed by atoms with Crippen LogP contribution in [0, 0.1) is 5.92 Å². The van der Waals surface area contributed by atoms with E-state index in [4.69, 9.17) is 5.73 Å². The molecule has 2 N–H and O–H groups in total. The molecule has 0 amide bonds. The number of likely N-dealkylation sites (tertiary alicyclic amines) is 1. The van der Waals surface area contributed by atoms with Crippen LogP contribution in [0.1, 0.15) is 30.9 Å². The summed E-state index contributed by atoms with van der Waals surface area (Å²) in [6.45, 7) is 4.80. The molecule has 26 heavy (non-hydrogen) atoms. The fourth-order valence-corrected chi connectivity index (χ4v) is 4.93. The fourth-order valence-electron chi connectivity index (χ4n) is 4.13. The molecule has 4 heteroatoms. The highest BCUT2D eigenvalue weighted by Crippen LogP contribution is 2.27. The Morgan fingerprint density at radius 3 is 2.65 bits per heavy atom. The van der Waals surface area contributed by atoms with Gasteiger partial charge < -0.3 is 10.6 Å². The van der Waals surface area contributed by atoms with Crippen molar-refractivity contribution in [2.45, 2.75) is 38.6 Å². The fraction of sp³-hybridized carbons (Fsp3) is 0.409. The van der Waals surface area contributed by atoms with E-state index in [-0.39, 0.29) is 0 Å². The third-order valence-electron chi connectivity index (χ3n) is 5.64. The smallest absolute Gasteiger partial charge is 0.181 e. The average molecular weight is 366 g/mol. The minimum absolute atomic E-state index is 0.579. The number of hydrogen-bond donors (Lipinski definition) is 1. The van der Waals surface area contributed by atoms with E-state index < -0.39 is 0 Å². The van der Waals surface area contributed by atoms with Crippen LogP contribution in [0.2, 0.25) is 0 Å². The highest BCUT2D eigenvalue weighted by molar-refractivity contribution is 7.22. The van der Waals surface area contributed by atoms with Crippen LogP contribution in [0.4, 0.5) is 5.13 Å². The summed E-state index contributed by atoms with van der Waals surface area (Å²) in [5.74, 6) is 0.831. The minimum atomic E-state index is 0.579.